The molecule has 3 amide bonds. The highest BCUT2D eigenvalue weighted by atomic mass is 16.2. The molecule has 0 saturated carbocycles. The van der Waals surface area contributed by atoms with E-state index in [2.05, 4.69) is 10.6 Å². The van der Waals surface area contributed by atoms with Crippen LogP contribution in [0.1, 0.15) is 27.9 Å². The normalized spacial score (nSPS) is 15.4. The lowest BCUT2D eigenvalue weighted by atomic mass is 10.1. The quantitative estimate of drug-likeness (QED) is 0.605. The lowest BCUT2D eigenvalue weighted by Crippen LogP contribution is -2.29. The minimum Gasteiger partial charge on any atom is -0.348 e. The van der Waals surface area contributed by atoms with Crippen LogP contribution in [-0.2, 0) is 22.7 Å². The van der Waals surface area contributed by atoms with Crippen LogP contribution in [0.4, 0.5) is 5.69 Å². The largest absolute Gasteiger partial charge is 0.348 e. The van der Waals surface area contributed by atoms with E-state index in [1.807, 2.05) is 60.7 Å². The van der Waals surface area contributed by atoms with Crippen LogP contribution < -0.4 is 10.6 Å². The van der Waals surface area contributed by atoms with Crippen LogP contribution in [0.3, 0.4) is 0 Å². The number of hydrogen-bond donors (Lipinski definition) is 2. The number of hydrogen-bond acceptors (Lipinski definition) is 3. The first kappa shape index (κ1) is 21.3. The minimum absolute atomic E-state index is 0.0390. The first-order valence-electron chi connectivity index (χ1n) is 10.6. The Morgan fingerprint density at radius 3 is 2.19 bits per heavy atom. The number of amides is 3. The summed E-state index contributed by atoms with van der Waals surface area (Å²) in [5.74, 6) is -1.01. The summed E-state index contributed by atoms with van der Waals surface area (Å²) in [5.41, 5.74) is 2.85. The molecule has 0 aromatic heterocycles. The van der Waals surface area contributed by atoms with Gasteiger partial charge in [-0.3, -0.25) is 14.4 Å². The SMILES string of the molecule is O=C(NCc1ccccc1)c1ccccc1NC(=O)[C@H]1CC(=O)N(Cc2ccccc2)C1. The number of nitrogens with zero attached hydrogens (tertiary/aromatic N) is 1. The van der Waals surface area contributed by atoms with Crippen molar-refractivity contribution >= 4 is 23.4 Å². The fraction of sp³-hybridized carbons (Fsp3) is 0.192. The van der Waals surface area contributed by atoms with Crippen molar-refractivity contribution in [2.75, 3.05) is 11.9 Å². The second-order valence-corrected chi connectivity index (χ2v) is 7.86. The maximum Gasteiger partial charge on any atom is 0.253 e. The molecule has 1 heterocycles. The van der Waals surface area contributed by atoms with E-state index in [9.17, 15) is 14.4 Å². The molecule has 3 aromatic carbocycles. The number of carbonyl (C=O) groups excluding carboxylic acids is 3. The number of rotatable bonds is 7. The maximum atomic E-state index is 12.9. The third-order valence-electron chi connectivity index (χ3n) is 5.53. The molecule has 1 aliphatic heterocycles. The summed E-state index contributed by atoms with van der Waals surface area (Å²) in [6.07, 6.45) is 0.168. The van der Waals surface area contributed by atoms with E-state index in [4.69, 9.17) is 0 Å². The second kappa shape index (κ2) is 9.92. The van der Waals surface area contributed by atoms with Gasteiger partial charge in [0, 0.05) is 26.1 Å². The molecule has 162 valence electrons. The monoisotopic (exact) mass is 427 g/mol. The van der Waals surface area contributed by atoms with Crippen molar-refractivity contribution in [3.8, 4) is 0 Å². The van der Waals surface area contributed by atoms with Crippen molar-refractivity contribution in [1.82, 2.24) is 10.2 Å². The van der Waals surface area contributed by atoms with Crippen molar-refractivity contribution < 1.29 is 14.4 Å². The predicted octanol–water partition coefficient (Wildman–Crippen LogP) is 3.60. The third kappa shape index (κ3) is 5.21. The zero-order valence-corrected chi connectivity index (χ0v) is 17.7. The van der Waals surface area contributed by atoms with Crippen LogP contribution in [0.25, 0.3) is 0 Å². The highest BCUT2D eigenvalue weighted by molar-refractivity contribution is 6.05. The van der Waals surface area contributed by atoms with Gasteiger partial charge in [-0.1, -0.05) is 72.8 Å². The van der Waals surface area contributed by atoms with Gasteiger partial charge < -0.3 is 15.5 Å². The van der Waals surface area contributed by atoms with Crippen molar-refractivity contribution in [2.45, 2.75) is 19.5 Å². The summed E-state index contributed by atoms with van der Waals surface area (Å²) in [6, 6.07) is 26.3. The first-order chi connectivity index (χ1) is 15.6. The molecule has 32 heavy (non-hydrogen) atoms. The van der Waals surface area contributed by atoms with Gasteiger partial charge in [0.1, 0.15) is 0 Å². The zero-order chi connectivity index (χ0) is 22.3. The summed E-state index contributed by atoms with van der Waals surface area (Å²) in [7, 11) is 0. The van der Waals surface area contributed by atoms with Gasteiger partial charge in [0.15, 0.2) is 0 Å². The molecular weight excluding hydrogens is 402 g/mol. The van der Waals surface area contributed by atoms with Crippen LogP contribution >= 0.6 is 0 Å². The van der Waals surface area contributed by atoms with Gasteiger partial charge in [0.25, 0.3) is 5.91 Å². The molecule has 2 N–H and O–H groups in total. The fourth-order valence-corrected chi connectivity index (χ4v) is 3.80. The smallest absolute Gasteiger partial charge is 0.253 e. The van der Waals surface area contributed by atoms with Gasteiger partial charge in [-0.15, -0.1) is 0 Å². The Hall–Kier alpha value is -3.93. The van der Waals surface area contributed by atoms with E-state index in [1.54, 1.807) is 29.2 Å². The molecule has 1 atom stereocenters. The molecule has 1 aliphatic rings. The van der Waals surface area contributed by atoms with E-state index in [1.165, 1.54) is 0 Å². The van der Waals surface area contributed by atoms with Crippen LogP contribution in [0.15, 0.2) is 84.9 Å². The van der Waals surface area contributed by atoms with Crippen LogP contribution in [0, 0.1) is 5.92 Å². The summed E-state index contributed by atoms with van der Waals surface area (Å²) in [5, 5.41) is 5.75. The van der Waals surface area contributed by atoms with Crippen molar-refractivity contribution in [3.63, 3.8) is 0 Å². The Balaban J connectivity index is 1.38. The topological polar surface area (TPSA) is 78.5 Å². The fourth-order valence-electron chi connectivity index (χ4n) is 3.80. The Morgan fingerprint density at radius 2 is 1.47 bits per heavy atom. The number of benzene rings is 3. The maximum absolute atomic E-state index is 12.9. The van der Waals surface area contributed by atoms with Gasteiger partial charge in [0.2, 0.25) is 11.8 Å². The molecular formula is C26H25N3O3. The average molecular weight is 428 g/mol. The molecule has 6 heteroatoms. The Bertz CT molecular complexity index is 1100. The summed E-state index contributed by atoms with van der Waals surface area (Å²) < 4.78 is 0. The Kier molecular flexibility index (Phi) is 6.60. The van der Waals surface area contributed by atoms with E-state index >= 15 is 0 Å². The van der Waals surface area contributed by atoms with Crippen molar-refractivity contribution in [3.05, 3.63) is 102 Å². The molecule has 1 saturated heterocycles. The van der Waals surface area contributed by atoms with E-state index in [0.717, 1.165) is 11.1 Å². The second-order valence-electron chi connectivity index (χ2n) is 7.86. The summed E-state index contributed by atoms with van der Waals surface area (Å²) in [4.78, 5) is 39.7. The average Bonchev–Trinajstić information content (AvgIpc) is 3.19. The molecule has 0 radical (unpaired) electrons. The molecule has 0 unspecified atom stereocenters. The van der Waals surface area contributed by atoms with Gasteiger partial charge in [0.05, 0.1) is 17.2 Å². The number of carbonyl (C=O) groups is 3. The van der Waals surface area contributed by atoms with Crippen LogP contribution in [-0.4, -0.2) is 29.2 Å². The molecule has 3 aromatic rings. The Morgan fingerprint density at radius 1 is 0.844 bits per heavy atom. The molecule has 6 nitrogen and oxygen atoms in total. The number of anilines is 1. The molecule has 4 rings (SSSR count). The lowest BCUT2D eigenvalue weighted by Gasteiger charge is -2.17. The number of likely N-dealkylation sites (tertiary alicyclic amines) is 1. The van der Waals surface area contributed by atoms with E-state index < -0.39 is 5.92 Å². The van der Waals surface area contributed by atoms with Crippen molar-refractivity contribution in [2.24, 2.45) is 5.92 Å². The van der Waals surface area contributed by atoms with Gasteiger partial charge >= 0.3 is 0 Å². The number of nitrogens with one attached hydrogen (secondary N) is 2. The predicted molar refractivity (Wildman–Crippen MR) is 123 cm³/mol. The highest BCUT2D eigenvalue weighted by Crippen LogP contribution is 2.23. The lowest BCUT2D eigenvalue weighted by molar-refractivity contribution is -0.128. The Labute approximate surface area is 187 Å². The van der Waals surface area contributed by atoms with Crippen molar-refractivity contribution in [1.29, 1.82) is 0 Å². The first-order valence-corrected chi connectivity index (χ1v) is 10.6. The molecule has 0 bridgehead atoms. The van der Waals surface area contributed by atoms with Gasteiger partial charge in [-0.05, 0) is 23.3 Å². The van der Waals surface area contributed by atoms with E-state index in [0.29, 0.717) is 30.9 Å². The van der Waals surface area contributed by atoms with Gasteiger partial charge in [-0.2, -0.15) is 0 Å². The highest BCUT2D eigenvalue weighted by Gasteiger charge is 2.34. The van der Waals surface area contributed by atoms with Crippen LogP contribution in [0.2, 0.25) is 0 Å². The third-order valence-corrected chi connectivity index (χ3v) is 5.53. The van der Waals surface area contributed by atoms with E-state index in [-0.39, 0.29) is 24.1 Å². The zero-order valence-electron chi connectivity index (χ0n) is 17.7. The number of para-hydroxylation sites is 1. The molecule has 1 fully saturated rings. The summed E-state index contributed by atoms with van der Waals surface area (Å²) in [6.45, 7) is 1.25. The van der Waals surface area contributed by atoms with Gasteiger partial charge in [-0.25, -0.2) is 0 Å². The minimum atomic E-state index is -0.452. The van der Waals surface area contributed by atoms with Crippen LogP contribution in [0.5, 0.6) is 0 Å². The molecule has 0 aliphatic carbocycles. The summed E-state index contributed by atoms with van der Waals surface area (Å²) >= 11 is 0. The standard InChI is InChI=1S/C26H25N3O3/c30-24-15-21(18-29(24)17-20-11-5-2-6-12-20)25(31)28-23-14-8-7-13-22(23)26(32)27-16-19-9-3-1-4-10-19/h1-14,21H,15-18H2,(H,27,32)(H,28,31)/t21-/m0/s1. The molecule has 0 spiro atoms.